The molecule has 1 fully saturated rings. The van der Waals surface area contributed by atoms with Crippen LogP contribution < -0.4 is 16.0 Å². The molecular formula is C14H24N4OS. The van der Waals surface area contributed by atoms with Crippen molar-refractivity contribution in [3.63, 3.8) is 0 Å². The van der Waals surface area contributed by atoms with Gasteiger partial charge in [0, 0.05) is 20.1 Å². The smallest absolute Gasteiger partial charge is 0.265 e. The van der Waals surface area contributed by atoms with Gasteiger partial charge >= 0.3 is 0 Å². The van der Waals surface area contributed by atoms with E-state index in [-0.39, 0.29) is 11.3 Å². The molecule has 6 heteroatoms. The monoisotopic (exact) mass is 296 g/mol. The van der Waals surface area contributed by atoms with E-state index in [2.05, 4.69) is 24.1 Å². The normalized spacial score (nSPS) is 16.6. The summed E-state index contributed by atoms with van der Waals surface area (Å²) in [4.78, 5) is 19.1. The molecule has 1 heterocycles. The van der Waals surface area contributed by atoms with Crippen molar-refractivity contribution < 1.29 is 4.79 Å². The summed E-state index contributed by atoms with van der Waals surface area (Å²) in [6, 6.07) is 0. The molecule has 112 valence electrons. The molecule has 0 aromatic carbocycles. The number of anilines is 2. The molecule has 5 nitrogen and oxygen atoms in total. The molecular weight excluding hydrogens is 272 g/mol. The Labute approximate surface area is 124 Å². The van der Waals surface area contributed by atoms with Crippen LogP contribution in [0.25, 0.3) is 0 Å². The number of aromatic nitrogens is 1. The average molecular weight is 296 g/mol. The zero-order valence-electron chi connectivity index (χ0n) is 12.5. The number of carbonyl (C=O) groups is 1. The first-order valence-corrected chi connectivity index (χ1v) is 8.02. The third kappa shape index (κ3) is 3.23. The molecule has 0 spiro atoms. The van der Waals surface area contributed by atoms with Gasteiger partial charge in [-0.3, -0.25) is 4.79 Å². The number of hydrogen-bond donors (Lipinski definition) is 2. The maximum atomic E-state index is 12.2. The third-order valence-corrected chi connectivity index (χ3v) is 5.15. The molecule has 0 atom stereocenters. The van der Waals surface area contributed by atoms with E-state index in [9.17, 15) is 4.79 Å². The zero-order chi connectivity index (χ0) is 14.8. The molecule has 0 unspecified atom stereocenters. The molecule has 1 saturated carbocycles. The van der Waals surface area contributed by atoms with Crippen LogP contribution in [0.3, 0.4) is 0 Å². The first kappa shape index (κ1) is 15.1. The minimum atomic E-state index is -0.0933. The fourth-order valence-electron chi connectivity index (χ4n) is 2.41. The number of amides is 1. The van der Waals surface area contributed by atoms with Crippen LogP contribution in [0.4, 0.5) is 10.9 Å². The van der Waals surface area contributed by atoms with Crippen molar-refractivity contribution in [1.29, 1.82) is 0 Å². The molecule has 0 aliphatic heterocycles. The second-order valence-electron chi connectivity index (χ2n) is 5.98. The molecule has 20 heavy (non-hydrogen) atoms. The molecule has 0 saturated heterocycles. The topological polar surface area (TPSA) is 71.2 Å². The zero-order valence-corrected chi connectivity index (χ0v) is 13.3. The SMILES string of the molecule is CCCN(C)c1nc(N)c(C(=O)NCC2(C)CCC2)s1. The lowest BCUT2D eigenvalue weighted by Gasteiger charge is -2.38. The molecule has 3 N–H and O–H groups in total. The second-order valence-corrected chi connectivity index (χ2v) is 6.96. The first-order chi connectivity index (χ1) is 9.45. The number of nitrogens with zero attached hydrogens (tertiary/aromatic N) is 2. The van der Waals surface area contributed by atoms with Crippen LogP contribution >= 0.6 is 11.3 Å². The van der Waals surface area contributed by atoms with E-state index in [4.69, 9.17) is 5.73 Å². The predicted octanol–water partition coefficient (Wildman–Crippen LogP) is 2.49. The third-order valence-electron chi connectivity index (χ3n) is 3.97. The van der Waals surface area contributed by atoms with Crippen LogP contribution in [0, 0.1) is 5.41 Å². The van der Waals surface area contributed by atoms with Crippen LogP contribution in [0.5, 0.6) is 0 Å². The van der Waals surface area contributed by atoms with Crippen molar-refractivity contribution in [1.82, 2.24) is 10.3 Å². The maximum absolute atomic E-state index is 12.2. The number of nitrogens with two attached hydrogens (primary N) is 1. The Morgan fingerprint density at radius 1 is 1.55 bits per heavy atom. The Hall–Kier alpha value is -1.30. The molecule has 1 aromatic rings. The van der Waals surface area contributed by atoms with Crippen LogP contribution in [0.1, 0.15) is 49.2 Å². The molecule has 2 rings (SSSR count). The van der Waals surface area contributed by atoms with Crippen molar-refractivity contribution in [2.24, 2.45) is 5.41 Å². The van der Waals surface area contributed by atoms with Crippen LogP contribution in [-0.2, 0) is 0 Å². The Kier molecular flexibility index (Phi) is 4.52. The van der Waals surface area contributed by atoms with Gasteiger partial charge in [-0.25, -0.2) is 4.98 Å². The van der Waals surface area contributed by atoms with Gasteiger partial charge in [-0.15, -0.1) is 0 Å². The number of thiazole rings is 1. The maximum Gasteiger partial charge on any atom is 0.265 e. The minimum Gasteiger partial charge on any atom is -0.382 e. The number of rotatable bonds is 6. The van der Waals surface area contributed by atoms with Gasteiger partial charge in [-0.05, 0) is 24.7 Å². The quantitative estimate of drug-likeness (QED) is 0.846. The Morgan fingerprint density at radius 3 is 2.80 bits per heavy atom. The van der Waals surface area contributed by atoms with E-state index < -0.39 is 0 Å². The van der Waals surface area contributed by atoms with E-state index in [1.807, 2.05) is 11.9 Å². The van der Waals surface area contributed by atoms with E-state index in [1.165, 1.54) is 30.6 Å². The largest absolute Gasteiger partial charge is 0.382 e. The Morgan fingerprint density at radius 2 is 2.25 bits per heavy atom. The fourth-order valence-corrected chi connectivity index (χ4v) is 3.30. The summed E-state index contributed by atoms with van der Waals surface area (Å²) >= 11 is 1.37. The van der Waals surface area contributed by atoms with Gasteiger partial charge in [0.1, 0.15) is 10.7 Å². The van der Waals surface area contributed by atoms with Crippen molar-refractivity contribution in [3.05, 3.63) is 4.88 Å². The number of nitrogens with one attached hydrogen (secondary N) is 1. The molecule has 0 bridgehead atoms. The Bertz CT molecular complexity index is 482. The fraction of sp³-hybridized carbons (Fsp3) is 0.714. The van der Waals surface area contributed by atoms with Crippen molar-refractivity contribution in [2.45, 2.75) is 39.5 Å². The summed E-state index contributed by atoms with van der Waals surface area (Å²) in [5.74, 6) is 0.244. The average Bonchev–Trinajstić information content (AvgIpc) is 2.76. The highest BCUT2D eigenvalue weighted by molar-refractivity contribution is 7.18. The van der Waals surface area contributed by atoms with Gasteiger partial charge in [0.2, 0.25) is 0 Å². The van der Waals surface area contributed by atoms with Gasteiger partial charge in [0.15, 0.2) is 5.13 Å². The summed E-state index contributed by atoms with van der Waals surface area (Å²) in [6.45, 7) is 5.96. The standard InChI is InChI=1S/C14H24N4OS/c1-4-8-18(3)13-17-11(15)10(20-13)12(19)16-9-14(2)6-5-7-14/h4-9,15H2,1-3H3,(H,16,19). The molecule has 0 radical (unpaired) electrons. The van der Waals surface area contributed by atoms with Crippen molar-refractivity contribution >= 4 is 28.2 Å². The van der Waals surface area contributed by atoms with Crippen LogP contribution in [-0.4, -0.2) is 31.0 Å². The van der Waals surface area contributed by atoms with Crippen molar-refractivity contribution in [3.8, 4) is 0 Å². The van der Waals surface area contributed by atoms with E-state index in [0.29, 0.717) is 10.7 Å². The minimum absolute atomic E-state index is 0.0933. The van der Waals surface area contributed by atoms with Gasteiger partial charge in [-0.2, -0.15) is 0 Å². The highest BCUT2D eigenvalue weighted by Crippen LogP contribution is 2.39. The summed E-state index contributed by atoms with van der Waals surface area (Å²) in [5.41, 5.74) is 6.15. The lowest BCUT2D eigenvalue weighted by molar-refractivity contribution is 0.0895. The summed E-state index contributed by atoms with van der Waals surface area (Å²) in [6.07, 6.45) is 4.68. The van der Waals surface area contributed by atoms with Crippen molar-refractivity contribution in [2.75, 3.05) is 30.8 Å². The van der Waals surface area contributed by atoms with Gasteiger partial charge in [-0.1, -0.05) is 31.6 Å². The Balaban J connectivity index is 1.98. The number of nitrogen functional groups attached to an aromatic ring is 1. The predicted molar refractivity (Wildman–Crippen MR) is 84.4 cm³/mol. The molecule has 1 aliphatic carbocycles. The summed E-state index contributed by atoms with van der Waals surface area (Å²) in [5, 5.41) is 3.81. The van der Waals surface area contributed by atoms with Gasteiger partial charge in [0.05, 0.1) is 0 Å². The molecule has 1 aliphatic rings. The van der Waals surface area contributed by atoms with Gasteiger partial charge < -0.3 is 16.0 Å². The number of hydrogen-bond acceptors (Lipinski definition) is 5. The summed E-state index contributed by atoms with van der Waals surface area (Å²) in [7, 11) is 1.97. The highest BCUT2D eigenvalue weighted by Gasteiger charge is 2.32. The first-order valence-electron chi connectivity index (χ1n) is 7.21. The summed E-state index contributed by atoms with van der Waals surface area (Å²) < 4.78 is 0. The lowest BCUT2D eigenvalue weighted by Crippen LogP contribution is -2.39. The van der Waals surface area contributed by atoms with Gasteiger partial charge in [0.25, 0.3) is 5.91 Å². The van der Waals surface area contributed by atoms with Crippen LogP contribution in [0.15, 0.2) is 0 Å². The second kappa shape index (κ2) is 5.99. The molecule has 1 aromatic heterocycles. The van der Waals surface area contributed by atoms with E-state index in [1.54, 1.807) is 0 Å². The van der Waals surface area contributed by atoms with E-state index in [0.717, 1.165) is 24.6 Å². The lowest BCUT2D eigenvalue weighted by atomic mass is 9.70. The van der Waals surface area contributed by atoms with Crippen LogP contribution in [0.2, 0.25) is 0 Å². The number of carbonyl (C=O) groups excluding carboxylic acids is 1. The molecule has 1 amide bonds. The van der Waals surface area contributed by atoms with E-state index >= 15 is 0 Å². The highest BCUT2D eigenvalue weighted by atomic mass is 32.1.